The van der Waals surface area contributed by atoms with Gasteiger partial charge in [0.15, 0.2) is 11.0 Å². The molecule has 0 saturated carbocycles. The van der Waals surface area contributed by atoms with E-state index < -0.39 is 12.5 Å². The van der Waals surface area contributed by atoms with E-state index in [0.717, 1.165) is 15.9 Å². The number of aryl methyl sites for hydroxylation is 1. The predicted octanol–water partition coefficient (Wildman–Crippen LogP) is 3.71. The summed E-state index contributed by atoms with van der Waals surface area (Å²) in [6.07, 6.45) is 2.54. The minimum Gasteiger partial charge on any atom is -0.497 e. The second kappa shape index (κ2) is 8.42. The summed E-state index contributed by atoms with van der Waals surface area (Å²) in [5.74, 6) is -0.370. The van der Waals surface area contributed by atoms with Crippen LogP contribution >= 0.6 is 11.3 Å². The van der Waals surface area contributed by atoms with Gasteiger partial charge in [-0.2, -0.15) is 8.78 Å². The number of ether oxygens (including phenoxy) is 1. The average Bonchev–Trinajstić information content (AvgIpc) is 3.46. The van der Waals surface area contributed by atoms with E-state index in [0.29, 0.717) is 22.0 Å². The maximum atomic E-state index is 13.2. The van der Waals surface area contributed by atoms with Gasteiger partial charge in [0.05, 0.1) is 23.6 Å². The Morgan fingerprint density at radius 3 is 2.94 bits per heavy atom. The van der Waals surface area contributed by atoms with Gasteiger partial charge in [-0.05, 0) is 19.1 Å². The largest absolute Gasteiger partial charge is 0.497 e. The Morgan fingerprint density at radius 1 is 1.39 bits per heavy atom. The summed E-state index contributed by atoms with van der Waals surface area (Å²) >= 11 is 1.06. The van der Waals surface area contributed by atoms with E-state index in [1.165, 1.54) is 12.4 Å². The fourth-order valence-corrected chi connectivity index (χ4v) is 4.39. The van der Waals surface area contributed by atoms with Gasteiger partial charge in [-0.25, -0.2) is 9.97 Å². The number of amides is 2. The van der Waals surface area contributed by atoms with E-state index in [1.807, 2.05) is 0 Å². The van der Waals surface area contributed by atoms with Gasteiger partial charge < -0.3 is 15.0 Å². The topological polar surface area (TPSA) is 89.3 Å². The summed E-state index contributed by atoms with van der Waals surface area (Å²) in [6, 6.07) is 7.07. The first-order valence-electron chi connectivity index (χ1n) is 9.41. The third kappa shape index (κ3) is 4.13. The molecule has 162 valence electrons. The molecule has 3 heterocycles. The summed E-state index contributed by atoms with van der Waals surface area (Å²) in [7, 11) is 1.54. The van der Waals surface area contributed by atoms with Gasteiger partial charge in [0, 0.05) is 37.1 Å². The van der Waals surface area contributed by atoms with E-state index in [1.54, 1.807) is 43.2 Å². The molecule has 1 aromatic carbocycles. The van der Waals surface area contributed by atoms with Crippen LogP contribution in [-0.4, -0.2) is 40.0 Å². The molecule has 1 aliphatic heterocycles. The number of aromatic nitrogens is 3. The maximum absolute atomic E-state index is 13.2. The van der Waals surface area contributed by atoms with E-state index in [2.05, 4.69) is 15.3 Å². The quantitative estimate of drug-likeness (QED) is 0.622. The molecule has 1 unspecified atom stereocenters. The second-order valence-electron chi connectivity index (χ2n) is 6.97. The fraction of sp³-hybridized carbons (Fsp3) is 0.300. The lowest BCUT2D eigenvalue weighted by Crippen LogP contribution is -2.28. The van der Waals surface area contributed by atoms with E-state index in [-0.39, 0.29) is 35.7 Å². The normalized spacial score (nSPS) is 16.2. The lowest BCUT2D eigenvalue weighted by Gasteiger charge is -2.17. The molecule has 8 nitrogen and oxygen atoms in total. The van der Waals surface area contributed by atoms with Crippen molar-refractivity contribution in [2.75, 3.05) is 23.9 Å². The molecule has 1 saturated heterocycles. The predicted molar refractivity (Wildman–Crippen MR) is 111 cm³/mol. The van der Waals surface area contributed by atoms with Crippen molar-refractivity contribution in [1.82, 2.24) is 14.5 Å². The molecule has 1 N–H and O–H groups in total. The van der Waals surface area contributed by atoms with Crippen LogP contribution < -0.4 is 15.0 Å². The third-order valence-corrected chi connectivity index (χ3v) is 6.04. The number of hydrogen-bond donors (Lipinski definition) is 1. The number of hydrogen-bond acceptors (Lipinski definition) is 6. The van der Waals surface area contributed by atoms with Crippen LogP contribution in [0.5, 0.6) is 5.75 Å². The highest BCUT2D eigenvalue weighted by molar-refractivity contribution is 7.19. The smallest absolute Gasteiger partial charge is 0.320 e. The molecule has 1 fully saturated rings. The van der Waals surface area contributed by atoms with Crippen LogP contribution in [-0.2, 0) is 9.59 Å². The summed E-state index contributed by atoms with van der Waals surface area (Å²) in [5.41, 5.74) is 1.14. The van der Waals surface area contributed by atoms with Crippen molar-refractivity contribution in [3.8, 4) is 16.5 Å². The zero-order valence-corrected chi connectivity index (χ0v) is 17.5. The molecule has 0 bridgehead atoms. The number of benzene rings is 1. The summed E-state index contributed by atoms with van der Waals surface area (Å²) in [6.45, 7) is -0.843. The molecular formula is C20H19F2N5O3S. The van der Waals surface area contributed by atoms with Gasteiger partial charge in [0.25, 0.3) is 0 Å². The van der Waals surface area contributed by atoms with Crippen molar-refractivity contribution in [2.24, 2.45) is 5.92 Å². The van der Waals surface area contributed by atoms with Crippen LogP contribution in [0.3, 0.4) is 0 Å². The van der Waals surface area contributed by atoms with Crippen molar-refractivity contribution < 1.29 is 23.1 Å². The first-order valence-corrected chi connectivity index (χ1v) is 10.2. The molecule has 0 spiro atoms. The highest BCUT2D eigenvalue weighted by atomic mass is 32.1. The Balaban J connectivity index is 1.48. The Morgan fingerprint density at radius 2 is 2.19 bits per heavy atom. The number of methoxy groups -OCH3 is 1. The van der Waals surface area contributed by atoms with Crippen LogP contribution in [0.1, 0.15) is 18.7 Å². The molecule has 1 atom stereocenters. The van der Waals surface area contributed by atoms with Crippen LogP contribution in [0.4, 0.5) is 19.6 Å². The number of anilines is 2. The van der Waals surface area contributed by atoms with Crippen LogP contribution in [0.15, 0.2) is 36.7 Å². The summed E-state index contributed by atoms with van der Waals surface area (Å²) in [5, 5.41) is 2.98. The molecule has 1 aliphatic rings. The Labute approximate surface area is 180 Å². The van der Waals surface area contributed by atoms with Crippen molar-refractivity contribution in [3.05, 3.63) is 42.4 Å². The Bertz CT molecular complexity index is 1130. The number of nitrogens with zero attached hydrogens (tertiary/aromatic N) is 4. The van der Waals surface area contributed by atoms with Crippen LogP contribution in [0.25, 0.3) is 10.7 Å². The van der Waals surface area contributed by atoms with Gasteiger partial charge >= 0.3 is 6.55 Å². The van der Waals surface area contributed by atoms with Crippen LogP contribution in [0, 0.1) is 12.8 Å². The minimum atomic E-state index is -2.73. The second-order valence-corrected chi connectivity index (χ2v) is 7.96. The van der Waals surface area contributed by atoms with Gasteiger partial charge in [-0.1, -0.05) is 17.4 Å². The SMILES string of the molecule is COc1cccc(N2CC(C(=O)Nc3nc(C)c(-c4nccn4C(F)F)s3)CC2=O)c1. The first-order chi connectivity index (χ1) is 14.9. The fourth-order valence-electron chi connectivity index (χ4n) is 3.42. The average molecular weight is 447 g/mol. The van der Waals surface area contributed by atoms with Gasteiger partial charge in [0.2, 0.25) is 11.8 Å². The maximum Gasteiger partial charge on any atom is 0.320 e. The molecule has 3 aromatic rings. The first kappa shape index (κ1) is 20.9. The van der Waals surface area contributed by atoms with Crippen molar-refractivity contribution in [2.45, 2.75) is 19.9 Å². The lowest BCUT2D eigenvalue weighted by atomic mass is 10.1. The number of carbonyl (C=O) groups excluding carboxylic acids is 2. The lowest BCUT2D eigenvalue weighted by molar-refractivity contribution is -0.122. The standard InChI is InChI=1S/C20H19F2N5O3S/c1-11-16(17-23-6-7-26(17)19(21)22)31-20(24-11)25-18(29)12-8-15(28)27(10-12)13-4-3-5-14(9-13)30-2/h3-7,9,12,19H,8,10H2,1-2H3,(H,24,25,29). The minimum absolute atomic E-state index is 0.0655. The highest BCUT2D eigenvalue weighted by Gasteiger charge is 2.35. The Hall–Kier alpha value is -3.34. The third-order valence-electron chi connectivity index (χ3n) is 4.97. The van der Waals surface area contributed by atoms with E-state index in [4.69, 9.17) is 4.74 Å². The van der Waals surface area contributed by atoms with Crippen LogP contribution in [0.2, 0.25) is 0 Å². The van der Waals surface area contributed by atoms with Gasteiger partial charge in [-0.15, -0.1) is 0 Å². The van der Waals surface area contributed by atoms with Crippen molar-refractivity contribution in [3.63, 3.8) is 0 Å². The summed E-state index contributed by atoms with van der Waals surface area (Å²) < 4.78 is 32.2. The number of halogens is 2. The van der Waals surface area contributed by atoms with E-state index in [9.17, 15) is 18.4 Å². The van der Waals surface area contributed by atoms with E-state index >= 15 is 0 Å². The highest BCUT2D eigenvalue weighted by Crippen LogP contribution is 2.34. The monoisotopic (exact) mass is 447 g/mol. The number of imidazole rings is 1. The number of nitrogens with one attached hydrogen (secondary N) is 1. The molecular weight excluding hydrogens is 428 g/mol. The zero-order chi connectivity index (χ0) is 22.1. The number of carbonyl (C=O) groups is 2. The molecule has 2 aromatic heterocycles. The van der Waals surface area contributed by atoms with Gasteiger partial charge in [-0.3, -0.25) is 14.2 Å². The summed E-state index contributed by atoms with van der Waals surface area (Å²) in [4.78, 5) is 35.5. The molecule has 11 heteroatoms. The number of rotatable bonds is 6. The van der Waals surface area contributed by atoms with Gasteiger partial charge in [0.1, 0.15) is 5.75 Å². The molecule has 31 heavy (non-hydrogen) atoms. The number of alkyl halides is 2. The van der Waals surface area contributed by atoms with Crippen molar-refractivity contribution in [1.29, 1.82) is 0 Å². The molecule has 0 aliphatic carbocycles. The number of thiazole rings is 1. The molecule has 4 rings (SSSR count). The van der Waals surface area contributed by atoms with Crippen molar-refractivity contribution >= 4 is 34.0 Å². The molecule has 0 radical (unpaired) electrons. The Kier molecular flexibility index (Phi) is 5.68. The molecule has 2 amide bonds. The zero-order valence-electron chi connectivity index (χ0n) is 16.7.